The van der Waals surface area contributed by atoms with E-state index in [0.29, 0.717) is 11.4 Å². The van der Waals surface area contributed by atoms with Gasteiger partial charge in [-0.05, 0) is 24.3 Å². The summed E-state index contributed by atoms with van der Waals surface area (Å²) in [6.07, 6.45) is 2.78. The van der Waals surface area contributed by atoms with Gasteiger partial charge in [0.05, 0.1) is 11.8 Å². The van der Waals surface area contributed by atoms with E-state index < -0.39 is 0 Å². The first-order valence-corrected chi connectivity index (χ1v) is 5.43. The summed E-state index contributed by atoms with van der Waals surface area (Å²) in [6.45, 7) is 0. The molecule has 2 aromatic rings. The number of phenolic OH excluding ortho intramolecular Hbond substituents is 1. The smallest absolute Gasteiger partial charge is 0.144 e. The molecule has 0 fully saturated rings. The molecular weight excluding hydrogens is 246 g/mol. The second-order valence-corrected chi connectivity index (χ2v) is 3.61. The molecule has 98 valence electrons. The van der Waals surface area contributed by atoms with E-state index in [-0.39, 0.29) is 11.6 Å². The zero-order valence-electron chi connectivity index (χ0n) is 10.2. The number of oxime groups is 1. The number of nitrogen functional groups attached to an aromatic ring is 1. The Balaban J connectivity index is 2.31. The Morgan fingerprint density at radius 2 is 2.05 bits per heavy atom. The number of rotatable bonds is 4. The van der Waals surface area contributed by atoms with E-state index in [9.17, 15) is 5.11 Å². The fourth-order valence-electron chi connectivity index (χ4n) is 1.42. The molecule has 7 heteroatoms. The third-order valence-electron chi connectivity index (χ3n) is 2.33. The van der Waals surface area contributed by atoms with Gasteiger partial charge in [-0.1, -0.05) is 5.16 Å². The van der Waals surface area contributed by atoms with Crippen molar-refractivity contribution in [3.63, 3.8) is 0 Å². The highest BCUT2D eigenvalue weighted by atomic mass is 16.6. The number of nitrogens with zero attached hydrogens (tertiary/aromatic N) is 3. The lowest BCUT2D eigenvalue weighted by Crippen LogP contribution is -2.04. The number of phenols is 1. The summed E-state index contributed by atoms with van der Waals surface area (Å²) in [5, 5.41) is 15.9. The predicted octanol–water partition coefficient (Wildman–Crippen LogP) is 1.49. The molecule has 7 nitrogen and oxygen atoms in total. The van der Waals surface area contributed by atoms with E-state index >= 15 is 0 Å². The average molecular weight is 259 g/mol. The average Bonchev–Trinajstić information content (AvgIpc) is 2.41. The van der Waals surface area contributed by atoms with E-state index in [1.165, 1.54) is 19.7 Å². The van der Waals surface area contributed by atoms with Gasteiger partial charge in [0.15, 0.2) is 0 Å². The Morgan fingerprint density at radius 1 is 1.32 bits per heavy atom. The maximum absolute atomic E-state index is 9.23. The second kappa shape index (κ2) is 5.67. The van der Waals surface area contributed by atoms with Crippen LogP contribution in [-0.4, -0.2) is 28.4 Å². The molecule has 0 spiro atoms. The van der Waals surface area contributed by atoms with Crippen molar-refractivity contribution < 1.29 is 9.94 Å². The van der Waals surface area contributed by atoms with E-state index in [2.05, 4.69) is 25.3 Å². The van der Waals surface area contributed by atoms with Gasteiger partial charge in [0, 0.05) is 5.69 Å². The highest BCUT2D eigenvalue weighted by Crippen LogP contribution is 2.21. The largest absolute Gasteiger partial charge is 0.508 e. The predicted molar refractivity (Wildman–Crippen MR) is 72.4 cm³/mol. The van der Waals surface area contributed by atoms with Crippen molar-refractivity contribution in [3.05, 3.63) is 36.2 Å². The SMILES string of the molecule is CO/N=C/c1c(N)ncnc1Nc1ccc(O)cc1. The number of hydrogen-bond donors (Lipinski definition) is 3. The molecule has 0 aliphatic carbocycles. The molecule has 0 atom stereocenters. The Labute approximate surface area is 109 Å². The van der Waals surface area contributed by atoms with Crippen LogP contribution >= 0.6 is 0 Å². The summed E-state index contributed by atoms with van der Waals surface area (Å²) in [6, 6.07) is 6.56. The van der Waals surface area contributed by atoms with Gasteiger partial charge < -0.3 is 21.0 Å². The molecule has 4 N–H and O–H groups in total. The van der Waals surface area contributed by atoms with Crippen LogP contribution in [0.5, 0.6) is 5.75 Å². The van der Waals surface area contributed by atoms with Gasteiger partial charge in [-0.2, -0.15) is 0 Å². The minimum Gasteiger partial charge on any atom is -0.508 e. The van der Waals surface area contributed by atoms with E-state index in [1.54, 1.807) is 24.3 Å². The number of anilines is 3. The van der Waals surface area contributed by atoms with Gasteiger partial charge in [-0.3, -0.25) is 0 Å². The molecule has 0 aliphatic heterocycles. The van der Waals surface area contributed by atoms with Crippen LogP contribution in [0.4, 0.5) is 17.3 Å². The summed E-state index contributed by atoms with van der Waals surface area (Å²) in [5.74, 6) is 0.977. The van der Waals surface area contributed by atoms with Gasteiger partial charge in [0.25, 0.3) is 0 Å². The summed E-state index contributed by atoms with van der Waals surface area (Å²) in [4.78, 5) is 12.6. The number of hydrogen-bond acceptors (Lipinski definition) is 7. The highest BCUT2D eigenvalue weighted by molar-refractivity contribution is 5.92. The highest BCUT2D eigenvalue weighted by Gasteiger charge is 2.07. The molecule has 0 saturated heterocycles. The van der Waals surface area contributed by atoms with Crippen molar-refractivity contribution in [3.8, 4) is 5.75 Å². The minimum absolute atomic E-state index is 0.189. The van der Waals surface area contributed by atoms with Gasteiger partial charge in [0.2, 0.25) is 0 Å². The lowest BCUT2D eigenvalue weighted by molar-refractivity contribution is 0.215. The topological polar surface area (TPSA) is 106 Å². The summed E-state index contributed by atoms with van der Waals surface area (Å²) >= 11 is 0. The van der Waals surface area contributed by atoms with E-state index in [1.807, 2.05) is 0 Å². The maximum atomic E-state index is 9.23. The van der Waals surface area contributed by atoms with E-state index in [0.717, 1.165) is 5.69 Å². The summed E-state index contributed by atoms with van der Waals surface area (Å²) in [7, 11) is 1.43. The van der Waals surface area contributed by atoms with Crippen LogP contribution in [0.3, 0.4) is 0 Å². The third-order valence-corrected chi connectivity index (χ3v) is 2.33. The number of aromatic hydroxyl groups is 1. The molecule has 0 saturated carbocycles. The van der Waals surface area contributed by atoms with Gasteiger partial charge in [0.1, 0.15) is 30.8 Å². The molecular formula is C12H13N5O2. The number of aromatic nitrogens is 2. The van der Waals surface area contributed by atoms with Crippen LogP contribution in [0.1, 0.15) is 5.56 Å². The van der Waals surface area contributed by atoms with Crippen LogP contribution in [0, 0.1) is 0 Å². The summed E-state index contributed by atoms with van der Waals surface area (Å²) in [5.41, 5.74) is 7.04. The molecule has 0 amide bonds. The van der Waals surface area contributed by atoms with Crippen molar-refractivity contribution in [2.75, 3.05) is 18.2 Å². The standard InChI is InChI=1S/C12H13N5O2/c1-19-16-6-10-11(13)14-7-15-12(10)17-8-2-4-9(18)5-3-8/h2-7,18H,1H3,(H3,13,14,15,17)/b16-6+. The van der Waals surface area contributed by atoms with Gasteiger partial charge in [-0.15, -0.1) is 0 Å². The quantitative estimate of drug-likeness (QED) is 0.436. The number of nitrogens with one attached hydrogen (secondary N) is 1. The molecule has 0 radical (unpaired) electrons. The summed E-state index contributed by atoms with van der Waals surface area (Å²) < 4.78 is 0. The minimum atomic E-state index is 0.189. The van der Waals surface area contributed by atoms with Crippen LogP contribution in [-0.2, 0) is 4.84 Å². The lowest BCUT2D eigenvalue weighted by atomic mass is 10.2. The fraction of sp³-hybridized carbons (Fsp3) is 0.0833. The third kappa shape index (κ3) is 3.09. The lowest BCUT2D eigenvalue weighted by Gasteiger charge is -2.09. The number of benzene rings is 1. The molecule has 0 unspecified atom stereocenters. The van der Waals surface area contributed by atoms with Crippen molar-refractivity contribution in [1.82, 2.24) is 9.97 Å². The Kier molecular flexibility index (Phi) is 3.77. The zero-order chi connectivity index (χ0) is 13.7. The normalized spacial score (nSPS) is 10.6. The molecule has 19 heavy (non-hydrogen) atoms. The van der Waals surface area contributed by atoms with Crippen LogP contribution in [0.15, 0.2) is 35.7 Å². The first-order chi connectivity index (χ1) is 9.20. The molecule has 1 aromatic carbocycles. The Bertz CT molecular complexity index is 583. The second-order valence-electron chi connectivity index (χ2n) is 3.61. The van der Waals surface area contributed by atoms with Crippen LogP contribution in [0.2, 0.25) is 0 Å². The van der Waals surface area contributed by atoms with E-state index in [4.69, 9.17) is 5.73 Å². The first kappa shape index (κ1) is 12.6. The molecule has 0 aliphatic rings. The molecule has 1 aromatic heterocycles. The molecule has 1 heterocycles. The zero-order valence-corrected chi connectivity index (χ0v) is 10.2. The fourth-order valence-corrected chi connectivity index (χ4v) is 1.42. The maximum Gasteiger partial charge on any atom is 0.144 e. The number of nitrogens with two attached hydrogens (primary N) is 1. The van der Waals surface area contributed by atoms with Gasteiger partial charge in [-0.25, -0.2) is 9.97 Å². The van der Waals surface area contributed by atoms with Gasteiger partial charge >= 0.3 is 0 Å². The molecule has 0 bridgehead atoms. The van der Waals surface area contributed by atoms with Crippen LogP contribution in [0.25, 0.3) is 0 Å². The van der Waals surface area contributed by atoms with Crippen LogP contribution < -0.4 is 11.1 Å². The Hall–Kier alpha value is -2.83. The Morgan fingerprint density at radius 3 is 2.74 bits per heavy atom. The monoisotopic (exact) mass is 259 g/mol. The van der Waals surface area contributed by atoms with Crippen molar-refractivity contribution in [2.45, 2.75) is 0 Å². The van der Waals surface area contributed by atoms with Crippen molar-refractivity contribution in [2.24, 2.45) is 5.16 Å². The van der Waals surface area contributed by atoms with Crippen molar-refractivity contribution in [1.29, 1.82) is 0 Å². The first-order valence-electron chi connectivity index (χ1n) is 5.43. The van der Waals surface area contributed by atoms with Crippen molar-refractivity contribution >= 4 is 23.5 Å². The molecule has 2 rings (SSSR count).